The monoisotopic (exact) mass is 251 g/mol. The molecule has 1 N–H and O–H groups in total. The van der Waals surface area contributed by atoms with Gasteiger partial charge in [0.2, 0.25) is 0 Å². The molecule has 1 aromatic rings. The SMILES string of the molecule is Cc1nc(C(C)C)n(C2CCC(C(=O)O)CC2)n1. The largest absolute Gasteiger partial charge is 0.481 e. The maximum absolute atomic E-state index is 10.9. The van der Waals surface area contributed by atoms with Crippen LogP contribution in [0.1, 0.15) is 63.1 Å². The van der Waals surface area contributed by atoms with Gasteiger partial charge in [-0.15, -0.1) is 0 Å². The first-order valence-corrected chi connectivity index (χ1v) is 6.65. The highest BCUT2D eigenvalue weighted by Crippen LogP contribution is 2.33. The zero-order chi connectivity index (χ0) is 13.3. The first kappa shape index (κ1) is 13.1. The number of nitrogens with zero attached hydrogens (tertiary/aromatic N) is 3. The molecule has 0 aromatic carbocycles. The molecule has 1 aliphatic carbocycles. The Bertz CT molecular complexity index is 431. The van der Waals surface area contributed by atoms with Gasteiger partial charge in [-0.3, -0.25) is 4.79 Å². The van der Waals surface area contributed by atoms with Crippen LogP contribution in [0.4, 0.5) is 0 Å². The third-order valence-electron chi connectivity index (χ3n) is 3.67. The number of hydrogen-bond donors (Lipinski definition) is 1. The summed E-state index contributed by atoms with van der Waals surface area (Å²) in [5, 5.41) is 13.5. The number of aryl methyl sites for hydroxylation is 1. The van der Waals surface area contributed by atoms with Crippen molar-refractivity contribution in [2.45, 2.75) is 58.4 Å². The van der Waals surface area contributed by atoms with Gasteiger partial charge in [-0.2, -0.15) is 5.10 Å². The quantitative estimate of drug-likeness (QED) is 0.896. The molecular weight excluding hydrogens is 230 g/mol. The molecule has 0 bridgehead atoms. The van der Waals surface area contributed by atoms with Gasteiger partial charge in [0.1, 0.15) is 11.6 Å². The number of carboxylic acid groups (broad SMARTS) is 1. The lowest BCUT2D eigenvalue weighted by atomic mass is 9.86. The topological polar surface area (TPSA) is 68.0 Å². The minimum Gasteiger partial charge on any atom is -0.481 e. The summed E-state index contributed by atoms with van der Waals surface area (Å²) < 4.78 is 2.03. The first-order chi connectivity index (χ1) is 8.49. The van der Waals surface area contributed by atoms with Crippen molar-refractivity contribution in [3.63, 3.8) is 0 Å². The zero-order valence-corrected chi connectivity index (χ0v) is 11.3. The summed E-state index contributed by atoms with van der Waals surface area (Å²) in [6, 6.07) is 0.319. The fraction of sp³-hybridized carbons (Fsp3) is 0.769. The Labute approximate surface area is 107 Å². The molecule has 5 nitrogen and oxygen atoms in total. The number of hydrogen-bond acceptors (Lipinski definition) is 3. The molecule has 2 rings (SSSR count). The van der Waals surface area contributed by atoms with Crippen molar-refractivity contribution in [3.8, 4) is 0 Å². The maximum Gasteiger partial charge on any atom is 0.306 e. The predicted molar refractivity (Wildman–Crippen MR) is 67.5 cm³/mol. The van der Waals surface area contributed by atoms with E-state index in [1.54, 1.807) is 0 Å². The predicted octanol–water partition coefficient (Wildman–Crippen LogP) is 2.53. The van der Waals surface area contributed by atoms with Crippen molar-refractivity contribution in [1.29, 1.82) is 0 Å². The molecule has 0 spiro atoms. The number of aliphatic carboxylic acids is 1. The third-order valence-corrected chi connectivity index (χ3v) is 3.67. The molecule has 0 unspecified atom stereocenters. The van der Waals surface area contributed by atoms with Gasteiger partial charge in [0, 0.05) is 5.92 Å². The lowest BCUT2D eigenvalue weighted by Crippen LogP contribution is -2.25. The van der Waals surface area contributed by atoms with Crippen LogP contribution in [0.15, 0.2) is 0 Å². The van der Waals surface area contributed by atoms with E-state index in [4.69, 9.17) is 5.11 Å². The zero-order valence-electron chi connectivity index (χ0n) is 11.3. The highest BCUT2D eigenvalue weighted by atomic mass is 16.4. The number of carboxylic acids is 1. The van der Waals surface area contributed by atoms with Gasteiger partial charge >= 0.3 is 5.97 Å². The first-order valence-electron chi connectivity index (χ1n) is 6.65. The molecule has 1 saturated carbocycles. The lowest BCUT2D eigenvalue weighted by molar-refractivity contribution is -0.143. The molecule has 0 aliphatic heterocycles. The average Bonchev–Trinajstić information content (AvgIpc) is 2.71. The van der Waals surface area contributed by atoms with Crippen molar-refractivity contribution in [2.75, 3.05) is 0 Å². The van der Waals surface area contributed by atoms with Crippen molar-refractivity contribution in [2.24, 2.45) is 5.92 Å². The van der Waals surface area contributed by atoms with E-state index in [0.29, 0.717) is 12.0 Å². The van der Waals surface area contributed by atoms with Gasteiger partial charge in [-0.1, -0.05) is 13.8 Å². The second-order valence-corrected chi connectivity index (χ2v) is 5.46. The second kappa shape index (κ2) is 5.08. The summed E-state index contributed by atoms with van der Waals surface area (Å²) in [4.78, 5) is 15.4. The van der Waals surface area contributed by atoms with Crippen LogP contribution in [0.25, 0.3) is 0 Å². The van der Waals surface area contributed by atoms with Crippen LogP contribution >= 0.6 is 0 Å². The lowest BCUT2D eigenvalue weighted by Gasteiger charge is -2.27. The smallest absolute Gasteiger partial charge is 0.306 e. The van der Waals surface area contributed by atoms with E-state index in [0.717, 1.165) is 37.3 Å². The summed E-state index contributed by atoms with van der Waals surface area (Å²) in [5.74, 6) is 1.34. The number of aromatic nitrogens is 3. The van der Waals surface area contributed by atoms with E-state index in [2.05, 4.69) is 23.9 Å². The highest BCUT2D eigenvalue weighted by molar-refractivity contribution is 5.70. The van der Waals surface area contributed by atoms with Crippen LogP contribution in [0.5, 0.6) is 0 Å². The van der Waals surface area contributed by atoms with Crippen LogP contribution in [0.2, 0.25) is 0 Å². The van der Waals surface area contributed by atoms with Crippen LogP contribution in [-0.2, 0) is 4.79 Å². The Morgan fingerprint density at radius 3 is 2.44 bits per heavy atom. The van der Waals surface area contributed by atoms with E-state index in [1.807, 2.05) is 11.6 Å². The van der Waals surface area contributed by atoms with Crippen molar-refractivity contribution in [1.82, 2.24) is 14.8 Å². The van der Waals surface area contributed by atoms with Gasteiger partial charge in [0.15, 0.2) is 0 Å². The molecule has 0 saturated heterocycles. The number of rotatable bonds is 3. The molecule has 100 valence electrons. The Hall–Kier alpha value is -1.39. The fourth-order valence-electron chi connectivity index (χ4n) is 2.68. The normalized spacial score (nSPS) is 24.4. The maximum atomic E-state index is 10.9. The van der Waals surface area contributed by atoms with Crippen molar-refractivity contribution >= 4 is 5.97 Å². The van der Waals surface area contributed by atoms with Crippen molar-refractivity contribution < 1.29 is 9.90 Å². The van der Waals surface area contributed by atoms with Crippen LogP contribution in [0, 0.1) is 12.8 Å². The standard InChI is InChI=1S/C13H21N3O2/c1-8(2)12-14-9(3)15-16(12)11-6-4-10(5-7-11)13(17)18/h8,10-11H,4-7H2,1-3H3,(H,17,18). The molecule has 0 radical (unpaired) electrons. The van der Waals surface area contributed by atoms with E-state index in [9.17, 15) is 4.79 Å². The highest BCUT2D eigenvalue weighted by Gasteiger charge is 2.29. The van der Waals surface area contributed by atoms with Crippen LogP contribution < -0.4 is 0 Å². The summed E-state index contributed by atoms with van der Waals surface area (Å²) >= 11 is 0. The molecule has 1 fully saturated rings. The molecule has 1 heterocycles. The molecular formula is C13H21N3O2. The Kier molecular flexibility index (Phi) is 3.68. The minimum atomic E-state index is -0.660. The van der Waals surface area contributed by atoms with Gasteiger partial charge in [-0.25, -0.2) is 9.67 Å². The molecule has 18 heavy (non-hydrogen) atoms. The number of carbonyl (C=O) groups is 1. The average molecular weight is 251 g/mol. The second-order valence-electron chi connectivity index (χ2n) is 5.46. The molecule has 0 amide bonds. The van der Waals surface area contributed by atoms with E-state index >= 15 is 0 Å². The van der Waals surface area contributed by atoms with Gasteiger partial charge in [-0.05, 0) is 32.6 Å². The van der Waals surface area contributed by atoms with Crippen LogP contribution in [0.3, 0.4) is 0 Å². The molecule has 1 aliphatic rings. The third kappa shape index (κ3) is 2.54. The molecule has 0 atom stereocenters. The van der Waals surface area contributed by atoms with Gasteiger partial charge in [0.25, 0.3) is 0 Å². The fourth-order valence-corrected chi connectivity index (χ4v) is 2.68. The Morgan fingerprint density at radius 1 is 1.33 bits per heavy atom. The van der Waals surface area contributed by atoms with Gasteiger partial charge < -0.3 is 5.11 Å². The Morgan fingerprint density at radius 2 is 1.94 bits per heavy atom. The summed E-state index contributed by atoms with van der Waals surface area (Å²) in [6.45, 7) is 6.14. The van der Waals surface area contributed by atoms with Crippen molar-refractivity contribution in [3.05, 3.63) is 11.6 Å². The summed E-state index contributed by atoms with van der Waals surface area (Å²) in [7, 11) is 0. The van der Waals surface area contributed by atoms with E-state index in [-0.39, 0.29) is 5.92 Å². The van der Waals surface area contributed by atoms with E-state index < -0.39 is 5.97 Å². The Balaban J connectivity index is 2.12. The summed E-state index contributed by atoms with van der Waals surface area (Å²) in [5.41, 5.74) is 0. The molecule has 1 aromatic heterocycles. The molecule has 5 heteroatoms. The van der Waals surface area contributed by atoms with Gasteiger partial charge in [0.05, 0.1) is 12.0 Å². The van der Waals surface area contributed by atoms with Crippen LogP contribution in [-0.4, -0.2) is 25.8 Å². The van der Waals surface area contributed by atoms with E-state index in [1.165, 1.54) is 0 Å². The minimum absolute atomic E-state index is 0.173. The summed E-state index contributed by atoms with van der Waals surface area (Å²) in [6.07, 6.45) is 3.27.